The third kappa shape index (κ3) is 4.55. The molecule has 1 aliphatic carbocycles. The summed E-state index contributed by atoms with van der Waals surface area (Å²) in [6.07, 6.45) is 7.22. The van der Waals surface area contributed by atoms with E-state index in [1.54, 1.807) is 22.9 Å². The molecule has 0 atom stereocenters. The molecule has 0 saturated heterocycles. The zero-order chi connectivity index (χ0) is 23.8. The molecule has 1 saturated carbocycles. The molecule has 0 radical (unpaired) electrons. The number of halogens is 1. The Kier molecular flexibility index (Phi) is 5.85. The predicted octanol–water partition coefficient (Wildman–Crippen LogP) is 3.99. The number of amides is 1. The molecule has 0 aromatic carbocycles. The topological polar surface area (TPSA) is 133 Å². The van der Waals surface area contributed by atoms with Gasteiger partial charge >= 0.3 is 6.09 Å². The van der Waals surface area contributed by atoms with Crippen molar-refractivity contribution < 1.29 is 13.9 Å². The van der Waals surface area contributed by atoms with Crippen LogP contribution in [0.4, 0.5) is 20.7 Å². The summed E-state index contributed by atoms with van der Waals surface area (Å²) in [4.78, 5) is 24.5. The van der Waals surface area contributed by atoms with Crippen LogP contribution in [0.2, 0.25) is 0 Å². The van der Waals surface area contributed by atoms with Crippen LogP contribution in [0.5, 0.6) is 0 Å². The summed E-state index contributed by atoms with van der Waals surface area (Å²) in [5.41, 5.74) is 12.8. The van der Waals surface area contributed by atoms with Crippen molar-refractivity contribution in [2.24, 2.45) is 16.6 Å². The van der Waals surface area contributed by atoms with Gasteiger partial charge in [0.25, 0.3) is 0 Å². The Morgan fingerprint density at radius 1 is 1.27 bits per heavy atom. The van der Waals surface area contributed by atoms with Crippen molar-refractivity contribution in [2.75, 3.05) is 17.7 Å². The van der Waals surface area contributed by atoms with E-state index in [9.17, 15) is 9.18 Å². The number of fused-ring (bicyclic) bond motifs is 1. The lowest BCUT2D eigenvalue weighted by molar-refractivity contribution is -0.0250. The minimum absolute atomic E-state index is 0.0487. The third-order valence-electron chi connectivity index (χ3n) is 6.88. The van der Waals surface area contributed by atoms with Gasteiger partial charge in [0.15, 0.2) is 11.6 Å². The Morgan fingerprint density at radius 2 is 2.00 bits per heavy atom. The van der Waals surface area contributed by atoms with Crippen LogP contribution in [-0.2, 0) is 4.74 Å². The Labute approximate surface area is 191 Å². The summed E-state index contributed by atoms with van der Waals surface area (Å²) in [6.45, 7) is 6.80. The second kappa shape index (κ2) is 8.49. The molecule has 10 heteroatoms. The van der Waals surface area contributed by atoms with Crippen molar-refractivity contribution >= 4 is 23.2 Å². The maximum absolute atomic E-state index is 13.8. The maximum Gasteiger partial charge on any atom is 0.404 e. The zero-order valence-electron chi connectivity index (χ0n) is 19.1. The second-order valence-corrected chi connectivity index (χ2v) is 9.77. The molecule has 5 N–H and O–H groups in total. The fourth-order valence-corrected chi connectivity index (χ4v) is 4.58. The zero-order valence-corrected chi connectivity index (χ0v) is 19.1. The average molecular weight is 456 g/mol. The van der Waals surface area contributed by atoms with Gasteiger partial charge in [0.1, 0.15) is 17.2 Å². The van der Waals surface area contributed by atoms with Gasteiger partial charge in [-0.3, -0.25) is 4.40 Å². The Hall–Kier alpha value is -3.43. The van der Waals surface area contributed by atoms with Crippen LogP contribution < -0.4 is 16.8 Å². The first kappa shape index (κ1) is 22.8. The fourth-order valence-electron chi connectivity index (χ4n) is 4.58. The maximum atomic E-state index is 13.8. The molecule has 3 aromatic rings. The number of hydrogen-bond acceptors (Lipinski definition) is 7. The van der Waals surface area contributed by atoms with Crippen LogP contribution in [-0.4, -0.2) is 38.1 Å². The van der Waals surface area contributed by atoms with Crippen molar-refractivity contribution in [3.8, 4) is 11.5 Å². The van der Waals surface area contributed by atoms with E-state index in [2.05, 4.69) is 41.0 Å². The number of nitrogens with zero attached hydrogens (tertiary/aromatic N) is 4. The van der Waals surface area contributed by atoms with Crippen molar-refractivity contribution in [1.29, 1.82) is 0 Å². The molecule has 0 spiro atoms. The van der Waals surface area contributed by atoms with E-state index in [0.717, 1.165) is 25.7 Å². The number of anilines is 2. The van der Waals surface area contributed by atoms with Gasteiger partial charge in [-0.1, -0.05) is 20.8 Å². The first-order valence-corrected chi connectivity index (χ1v) is 11.0. The van der Waals surface area contributed by atoms with Crippen molar-refractivity contribution in [2.45, 2.75) is 52.5 Å². The van der Waals surface area contributed by atoms with Crippen molar-refractivity contribution in [3.05, 3.63) is 36.5 Å². The summed E-state index contributed by atoms with van der Waals surface area (Å²) < 4.78 is 20.6. The normalized spacial score (nSPS) is 21.2. The minimum Gasteiger partial charge on any atom is -0.449 e. The number of nitrogens with two attached hydrogens (primary N) is 2. The summed E-state index contributed by atoms with van der Waals surface area (Å²) >= 11 is 0. The summed E-state index contributed by atoms with van der Waals surface area (Å²) in [5.74, 6) is 0.563. The van der Waals surface area contributed by atoms with Gasteiger partial charge in [0, 0.05) is 17.7 Å². The van der Waals surface area contributed by atoms with E-state index in [1.165, 1.54) is 12.3 Å². The molecular formula is C23H30FN7O2. The lowest BCUT2D eigenvalue weighted by atomic mass is 9.59. The van der Waals surface area contributed by atoms with Gasteiger partial charge in [-0.25, -0.2) is 24.1 Å². The number of nitrogen functional groups attached to an aromatic ring is 1. The molecule has 1 fully saturated rings. The van der Waals surface area contributed by atoms with E-state index < -0.39 is 6.09 Å². The molecule has 0 bridgehead atoms. The third-order valence-corrected chi connectivity index (χ3v) is 6.88. The number of carbonyl (C=O) groups is 1. The van der Waals surface area contributed by atoms with E-state index in [0.29, 0.717) is 35.3 Å². The standard InChI is InChI=1S/C23H30FN7O2/c1-22(2,3)23(13-33-21(26)32)8-6-15(7-9-23)29-19-16(25)10-28-20(30-19)17-11-27-18-5-4-14(24)12-31(17)18/h4-5,10-12,15H,6-9,13,25H2,1-3H3,(H2,26,32)(H,28,29,30). The van der Waals surface area contributed by atoms with Crippen molar-refractivity contribution in [1.82, 2.24) is 19.4 Å². The van der Waals surface area contributed by atoms with Gasteiger partial charge in [-0.15, -0.1) is 0 Å². The Morgan fingerprint density at radius 3 is 2.67 bits per heavy atom. The number of ether oxygens (including phenoxy) is 1. The van der Waals surface area contributed by atoms with Crippen molar-refractivity contribution in [3.63, 3.8) is 0 Å². The molecule has 9 nitrogen and oxygen atoms in total. The minimum atomic E-state index is -0.743. The SMILES string of the molecule is CC(C)(C)C1(COC(N)=O)CCC(Nc2nc(-c3cnc4ccc(F)cn34)ncc2N)CC1. The number of imidazole rings is 1. The van der Waals surface area contributed by atoms with Gasteiger partial charge in [-0.05, 0) is 43.2 Å². The van der Waals surface area contributed by atoms with Gasteiger partial charge in [-0.2, -0.15) is 0 Å². The molecule has 33 heavy (non-hydrogen) atoms. The lowest BCUT2D eigenvalue weighted by Gasteiger charge is -2.48. The lowest BCUT2D eigenvalue weighted by Crippen LogP contribution is -2.46. The predicted molar refractivity (Wildman–Crippen MR) is 124 cm³/mol. The highest BCUT2D eigenvalue weighted by atomic mass is 19.1. The van der Waals surface area contributed by atoms with Gasteiger partial charge in [0.2, 0.25) is 0 Å². The van der Waals surface area contributed by atoms with Crippen LogP contribution in [0.1, 0.15) is 46.5 Å². The average Bonchev–Trinajstić information content (AvgIpc) is 3.17. The molecular weight excluding hydrogens is 425 g/mol. The molecule has 176 valence electrons. The number of rotatable bonds is 5. The summed E-state index contributed by atoms with van der Waals surface area (Å²) in [6, 6.07) is 3.11. The molecule has 1 aliphatic rings. The van der Waals surface area contributed by atoms with Crippen LogP contribution in [0.25, 0.3) is 17.2 Å². The van der Waals surface area contributed by atoms with Gasteiger partial charge < -0.3 is 21.5 Å². The highest BCUT2D eigenvalue weighted by Gasteiger charge is 2.45. The van der Waals surface area contributed by atoms with E-state index in [4.69, 9.17) is 16.2 Å². The number of aromatic nitrogens is 4. The van der Waals surface area contributed by atoms with E-state index >= 15 is 0 Å². The number of carbonyl (C=O) groups excluding carboxylic acids is 1. The quantitative estimate of drug-likeness (QED) is 0.529. The molecule has 1 amide bonds. The van der Waals surface area contributed by atoms with Crippen LogP contribution in [0.15, 0.2) is 30.7 Å². The Balaban J connectivity index is 1.52. The summed E-state index contributed by atoms with van der Waals surface area (Å²) in [5, 5.41) is 3.45. The molecule has 0 aliphatic heterocycles. The monoisotopic (exact) mass is 455 g/mol. The van der Waals surface area contributed by atoms with E-state index in [-0.39, 0.29) is 22.7 Å². The smallest absolute Gasteiger partial charge is 0.404 e. The number of nitrogens with one attached hydrogen (secondary N) is 1. The van der Waals surface area contributed by atoms with Crippen LogP contribution in [0.3, 0.4) is 0 Å². The van der Waals surface area contributed by atoms with Gasteiger partial charge in [0.05, 0.1) is 24.7 Å². The molecule has 0 unspecified atom stereocenters. The largest absolute Gasteiger partial charge is 0.449 e. The number of primary amides is 1. The van der Waals surface area contributed by atoms with E-state index in [1.807, 2.05) is 0 Å². The number of pyridine rings is 1. The Bertz CT molecular complexity index is 1160. The molecule has 3 aromatic heterocycles. The number of hydrogen-bond donors (Lipinski definition) is 3. The molecule has 3 heterocycles. The first-order valence-electron chi connectivity index (χ1n) is 11.0. The first-order chi connectivity index (χ1) is 15.6. The fraction of sp³-hybridized carbons (Fsp3) is 0.478. The van der Waals surface area contributed by atoms with Crippen LogP contribution >= 0.6 is 0 Å². The highest BCUT2D eigenvalue weighted by Crippen LogP contribution is 2.50. The second-order valence-electron chi connectivity index (χ2n) is 9.77. The highest BCUT2D eigenvalue weighted by molar-refractivity contribution is 5.66. The van der Waals surface area contributed by atoms with Crippen LogP contribution in [0, 0.1) is 16.6 Å². The molecule has 4 rings (SSSR count). The summed E-state index contributed by atoms with van der Waals surface area (Å²) in [7, 11) is 0.